The molecule has 0 aromatic heterocycles. The van der Waals surface area contributed by atoms with Crippen molar-refractivity contribution in [2.75, 3.05) is 12.3 Å². The molecule has 0 saturated carbocycles. The summed E-state index contributed by atoms with van der Waals surface area (Å²) in [5.74, 6) is 0.378. The van der Waals surface area contributed by atoms with Crippen molar-refractivity contribution in [2.45, 2.75) is 13.8 Å². The first-order chi connectivity index (χ1) is 10.0. The summed E-state index contributed by atoms with van der Waals surface area (Å²) in [5, 5.41) is 0.647. The van der Waals surface area contributed by atoms with E-state index in [1.54, 1.807) is 43.3 Å². The van der Waals surface area contributed by atoms with E-state index in [9.17, 15) is 4.79 Å². The number of carbonyl (C=O) groups excluding carboxylic acids is 1. The van der Waals surface area contributed by atoms with E-state index in [0.717, 1.165) is 5.56 Å². The third-order valence-corrected chi connectivity index (χ3v) is 3.31. The molecule has 0 saturated heterocycles. The molecular weight excluding hydrogens is 290 g/mol. The van der Waals surface area contributed by atoms with E-state index < -0.39 is 5.97 Å². The summed E-state index contributed by atoms with van der Waals surface area (Å²) in [7, 11) is 0. The highest BCUT2D eigenvalue weighted by atomic mass is 35.5. The van der Waals surface area contributed by atoms with Crippen molar-refractivity contribution >= 4 is 23.3 Å². The molecule has 2 aromatic rings. The quantitative estimate of drug-likeness (QED) is 0.679. The Hall–Kier alpha value is -2.20. The average molecular weight is 306 g/mol. The Balaban J connectivity index is 2.38. The highest BCUT2D eigenvalue weighted by Gasteiger charge is 2.17. The standard InChI is InChI=1S/C16H16ClNO3/c1-3-20-16(19)12-5-4-6-14(18)15(12)21-11-7-8-13(17)10(2)9-11/h4-9H,3,18H2,1-2H3. The van der Waals surface area contributed by atoms with Crippen LogP contribution in [-0.4, -0.2) is 12.6 Å². The first kappa shape index (κ1) is 15.2. The highest BCUT2D eigenvalue weighted by Crippen LogP contribution is 2.33. The minimum Gasteiger partial charge on any atom is -0.462 e. The zero-order chi connectivity index (χ0) is 15.4. The van der Waals surface area contributed by atoms with Crippen molar-refractivity contribution in [1.82, 2.24) is 0 Å². The van der Waals surface area contributed by atoms with Gasteiger partial charge in [-0.2, -0.15) is 0 Å². The molecule has 0 aliphatic carbocycles. The van der Waals surface area contributed by atoms with E-state index in [1.165, 1.54) is 0 Å². The molecule has 0 fully saturated rings. The van der Waals surface area contributed by atoms with Crippen LogP contribution in [0.2, 0.25) is 5.02 Å². The van der Waals surface area contributed by atoms with Gasteiger partial charge >= 0.3 is 5.97 Å². The minimum atomic E-state index is -0.467. The summed E-state index contributed by atoms with van der Waals surface area (Å²) in [6, 6.07) is 10.2. The lowest BCUT2D eigenvalue weighted by Crippen LogP contribution is -2.08. The number of aryl methyl sites for hydroxylation is 1. The van der Waals surface area contributed by atoms with Gasteiger partial charge in [0.15, 0.2) is 5.75 Å². The molecule has 0 aliphatic heterocycles. The van der Waals surface area contributed by atoms with Crippen LogP contribution in [0.1, 0.15) is 22.8 Å². The SMILES string of the molecule is CCOC(=O)c1cccc(N)c1Oc1ccc(Cl)c(C)c1. The first-order valence-electron chi connectivity index (χ1n) is 6.52. The van der Waals surface area contributed by atoms with Crippen LogP contribution in [0.4, 0.5) is 5.69 Å². The number of anilines is 1. The fraction of sp³-hybridized carbons (Fsp3) is 0.188. The molecule has 0 bridgehead atoms. The van der Waals surface area contributed by atoms with Crippen LogP contribution in [-0.2, 0) is 4.74 Å². The van der Waals surface area contributed by atoms with Gasteiger partial charge < -0.3 is 15.2 Å². The topological polar surface area (TPSA) is 61.5 Å². The van der Waals surface area contributed by atoms with Crippen LogP contribution in [0.5, 0.6) is 11.5 Å². The monoisotopic (exact) mass is 305 g/mol. The predicted molar refractivity (Wildman–Crippen MR) is 83.1 cm³/mol. The number of carbonyl (C=O) groups is 1. The van der Waals surface area contributed by atoms with Crippen LogP contribution in [0.15, 0.2) is 36.4 Å². The number of nitrogen functional groups attached to an aromatic ring is 1. The summed E-state index contributed by atoms with van der Waals surface area (Å²) in [6.07, 6.45) is 0. The fourth-order valence-electron chi connectivity index (χ4n) is 1.84. The van der Waals surface area contributed by atoms with Gasteiger partial charge in [0.25, 0.3) is 0 Å². The lowest BCUT2D eigenvalue weighted by molar-refractivity contribution is 0.0523. The maximum absolute atomic E-state index is 12.0. The molecule has 5 heteroatoms. The molecular formula is C16H16ClNO3. The lowest BCUT2D eigenvalue weighted by Gasteiger charge is -2.13. The summed E-state index contributed by atoms with van der Waals surface area (Å²) >= 11 is 5.98. The molecule has 0 atom stereocenters. The second-order valence-electron chi connectivity index (χ2n) is 4.46. The van der Waals surface area contributed by atoms with Gasteiger partial charge in [0.2, 0.25) is 0 Å². The summed E-state index contributed by atoms with van der Waals surface area (Å²) in [6.45, 7) is 3.90. The van der Waals surface area contributed by atoms with Gasteiger partial charge in [-0.05, 0) is 49.7 Å². The smallest absolute Gasteiger partial charge is 0.342 e. The fourth-order valence-corrected chi connectivity index (χ4v) is 1.95. The molecule has 0 spiro atoms. The van der Waals surface area contributed by atoms with Gasteiger partial charge in [0.05, 0.1) is 12.3 Å². The third kappa shape index (κ3) is 3.47. The zero-order valence-corrected chi connectivity index (χ0v) is 12.6. The predicted octanol–water partition coefficient (Wildman–Crippen LogP) is 4.20. The van der Waals surface area contributed by atoms with Crippen molar-refractivity contribution < 1.29 is 14.3 Å². The molecule has 0 amide bonds. The van der Waals surface area contributed by atoms with Gasteiger partial charge in [0, 0.05) is 5.02 Å². The van der Waals surface area contributed by atoms with Gasteiger partial charge in [-0.1, -0.05) is 17.7 Å². The molecule has 4 nitrogen and oxygen atoms in total. The van der Waals surface area contributed by atoms with Crippen molar-refractivity contribution in [2.24, 2.45) is 0 Å². The van der Waals surface area contributed by atoms with Crippen LogP contribution in [0.25, 0.3) is 0 Å². The molecule has 0 radical (unpaired) electrons. The molecule has 21 heavy (non-hydrogen) atoms. The second-order valence-corrected chi connectivity index (χ2v) is 4.86. The largest absolute Gasteiger partial charge is 0.462 e. The van der Waals surface area contributed by atoms with Crippen LogP contribution in [0.3, 0.4) is 0 Å². The number of hydrogen-bond acceptors (Lipinski definition) is 4. The molecule has 0 aliphatic rings. The van der Waals surface area contributed by atoms with Crippen molar-refractivity contribution in [1.29, 1.82) is 0 Å². The Bertz CT molecular complexity index is 671. The van der Waals surface area contributed by atoms with E-state index in [4.69, 9.17) is 26.8 Å². The number of benzene rings is 2. The van der Waals surface area contributed by atoms with Crippen molar-refractivity contribution in [3.8, 4) is 11.5 Å². The van der Waals surface area contributed by atoms with Gasteiger partial charge in [0.1, 0.15) is 11.3 Å². The molecule has 110 valence electrons. The molecule has 2 aromatic carbocycles. The molecule has 0 heterocycles. The number of rotatable bonds is 4. The van der Waals surface area contributed by atoms with E-state index >= 15 is 0 Å². The Labute approximate surface area is 128 Å². The van der Waals surface area contributed by atoms with Gasteiger partial charge in [-0.25, -0.2) is 4.79 Å². The maximum atomic E-state index is 12.0. The zero-order valence-electron chi connectivity index (χ0n) is 11.9. The second kappa shape index (κ2) is 6.50. The maximum Gasteiger partial charge on any atom is 0.342 e. The number of hydrogen-bond donors (Lipinski definition) is 1. The third-order valence-electron chi connectivity index (χ3n) is 2.89. The van der Waals surface area contributed by atoms with Crippen LogP contribution in [0, 0.1) is 6.92 Å². The number of ether oxygens (including phenoxy) is 2. The minimum absolute atomic E-state index is 0.285. The number of esters is 1. The van der Waals surface area contributed by atoms with E-state index in [2.05, 4.69) is 0 Å². The van der Waals surface area contributed by atoms with E-state index in [1.807, 2.05) is 6.92 Å². The Morgan fingerprint density at radius 2 is 2.05 bits per heavy atom. The number of nitrogens with two attached hydrogens (primary N) is 1. The first-order valence-corrected chi connectivity index (χ1v) is 6.90. The molecule has 2 rings (SSSR count). The Morgan fingerprint density at radius 1 is 1.29 bits per heavy atom. The number of halogens is 1. The van der Waals surface area contributed by atoms with E-state index in [0.29, 0.717) is 22.0 Å². The van der Waals surface area contributed by atoms with Gasteiger partial charge in [-0.3, -0.25) is 0 Å². The van der Waals surface area contributed by atoms with Crippen molar-refractivity contribution in [3.05, 3.63) is 52.5 Å². The number of para-hydroxylation sites is 1. The average Bonchev–Trinajstić information content (AvgIpc) is 2.45. The van der Waals surface area contributed by atoms with Crippen molar-refractivity contribution in [3.63, 3.8) is 0 Å². The summed E-state index contributed by atoms with van der Waals surface area (Å²) in [5.41, 5.74) is 7.45. The van der Waals surface area contributed by atoms with Crippen LogP contribution >= 0.6 is 11.6 Å². The van der Waals surface area contributed by atoms with E-state index in [-0.39, 0.29) is 12.4 Å². The summed E-state index contributed by atoms with van der Waals surface area (Å²) < 4.78 is 10.8. The highest BCUT2D eigenvalue weighted by molar-refractivity contribution is 6.31. The van der Waals surface area contributed by atoms with Crippen LogP contribution < -0.4 is 10.5 Å². The Kier molecular flexibility index (Phi) is 4.70. The summed E-state index contributed by atoms with van der Waals surface area (Å²) in [4.78, 5) is 12.0. The normalized spacial score (nSPS) is 10.2. The lowest BCUT2D eigenvalue weighted by atomic mass is 10.1. The molecule has 0 unspecified atom stereocenters. The van der Waals surface area contributed by atoms with Gasteiger partial charge in [-0.15, -0.1) is 0 Å². The Morgan fingerprint density at radius 3 is 2.71 bits per heavy atom. The molecule has 2 N–H and O–H groups in total.